The molecule has 0 aromatic heterocycles. The Bertz CT molecular complexity index is 225. The quantitative estimate of drug-likeness (QED) is 0.427. The minimum Gasteiger partial charge on any atom is -0.273 e. The highest BCUT2D eigenvalue weighted by molar-refractivity contribution is 5.88. The van der Waals surface area contributed by atoms with Crippen molar-refractivity contribution in [1.82, 2.24) is 5.01 Å². The lowest BCUT2D eigenvalue weighted by atomic mass is 9.82. The molecular formula is C9H14N2O. The summed E-state index contributed by atoms with van der Waals surface area (Å²) in [4.78, 5) is 11.2. The lowest BCUT2D eigenvalue weighted by Gasteiger charge is -2.38. The van der Waals surface area contributed by atoms with Gasteiger partial charge in [-0.1, -0.05) is 18.9 Å². The number of fused-ring (bicyclic) bond motifs is 1. The number of nitrogens with zero attached hydrogens (tertiary/aromatic N) is 1. The highest BCUT2D eigenvalue weighted by atomic mass is 16.2. The summed E-state index contributed by atoms with van der Waals surface area (Å²) >= 11 is 0. The number of hydrogen-bond donors (Lipinski definition) is 1. The topological polar surface area (TPSA) is 46.3 Å². The molecule has 3 heteroatoms. The maximum atomic E-state index is 11.2. The van der Waals surface area contributed by atoms with E-state index in [1.165, 1.54) is 24.3 Å². The van der Waals surface area contributed by atoms with E-state index in [4.69, 9.17) is 5.84 Å². The van der Waals surface area contributed by atoms with Crippen LogP contribution in [-0.4, -0.2) is 17.0 Å². The SMILES string of the molecule is NN1C(=O)C=CC2CCCCC21. The molecule has 0 aromatic carbocycles. The third-order valence-corrected chi connectivity index (χ3v) is 2.88. The Hall–Kier alpha value is -0.830. The average molecular weight is 166 g/mol. The standard InChI is InChI=1S/C9H14N2O/c10-11-8-4-2-1-3-7(8)5-6-9(11)12/h5-8H,1-4,10H2. The Labute approximate surface area is 72.2 Å². The molecule has 0 spiro atoms. The molecule has 2 aliphatic rings. The number of amides is 1. The zero-order chi connectivity index (χ0) is 8.55. The molecule has 3 nitrogen and oxygen atoms in total. The molecular weight excluding hydrogens is 152 g/mol. The number of nitrogens with two attached hydrogens (primary N) is 1. The third-order valence-electron chi connectivity index (χ3n) is 2.88. The van der Waals surface area contributed by atoms with Gasteiger partial charge in [-0.3, -0.25) is 9.80 Å². The van der Waals surface area contributed by atoms with E-state index in [9.17, 15) is 4.79 Å². The van der Waals surface area contributed by atoms with Crippen molar-refractivity contribution < 1.29 is 4.79 Å². The van der Waals surface area contributed by atoms with Gasteiger partial charge in [0.25, 0.3) is 5.91 Å². The molecule has 12 heavy (non-hydrogen) atoms. The molecule has 2 N–H and O–H groups in total. The highest BCUT2D eigenvalue weighted by Crippen LogP contribution is 2.30. The summed E-state index contributed by atoms with van der Waals surface area (Å²) in [5, 5.41) is 1.41. The van der Waals surface area contributed by atoms with Crippen molar-refractivity contribution in [2.75, 3.05) is 0 Å². The number of rotatable bonds is 0. The molecule has 0 radical (unpaired) electrons. The molecule has 2 atom stereocenters. The van der Waals surface area contributed by atoms with Gasteiger partial charge in [0.05, 0.1) is 6.04 Å². The van der Waals surface area contributed by atoms with Crippen LogP contribution in [0.15, 0.2) is 12.2 Å². The molecule has 1 saturated carbocycles. The van der Waals surface area contributed by atoms with Gasteiger partial charge in [0.1, 0.15) is 0 Å². The number of carbonyl (C=O) groups is 1. The first-order valence-corrected chi connectivity index (χ1v) is 4.55. The molecule has 1 fully saturated rings. The van der Waals surface area contributed by atoms with Crippen LogP contribution in [0.2, 0.25) is 0 Å². The van der Waals surface area contributed by atoms with E-state index < -0.39 is 0 Å². The fourth-order valence-electron chi connectivity index (χ4n) is 2.17. The van der Waals surface area contributed by atoms with E-state index in [-0.39, 0.29) is 11.9 Å². The summed E-state index contributed by atoms with van der Waals surface area (Å²) in [7, 11) is 0. The molecule has 2 unspecified atom stereocenters. The van der Waals surface area contributed by atoms with Crippen LogP contribution in [-0.2, 0) is 4.79 Å². The monoisotopic (exact) mass is 166 g/mol. The fraction of sp³-hybridized carbons (Fsp3) is 0.667. The predicted octanol–water partition coefficient (Wildman–Crippen LogP) is 0.817. The van der Waals surface area contributed by atoms with E-state index >= 15 is 0 Å². The summed E-state index contributed by atoms with van der Waals surface area (Å²) in [6.07, 6.45) is 8.35. The molecule has 0 bridgehead atoms. The second kappa shape index (κ2) is 2.90. The van der Waals surface area contributed by atoms with Crippen LogP contribution in [0.1, 0.15) is 25.7 Å². The Kier molecular flexibility index (Phi) is 1.89. The largest absolute Gasteiger partial charge is 0.273 e. The van der Waals surface area contributed by atoms with E-state index in [0.29, 0.717) is 5.92 Å². The number of hydrazine groups is 1. The Morgan fingerprint density at radius 1 is 1.42 bits per heavy atom. The van der Waals surface area contributed by atoms with Gasteiger partial charge in [0.15, 0.2) is 0 Å². The molecule has 66 valence electrons. The van der Waals surface area contributed by atoms with Gasteiger partial charge in [0.2, 0.25) is 0 Å². The van der Waals surface area contributed by atoms with Crippen LogP contribution in [0.5, 0.6) is 0 Å². The molecule has 1 aliphatic heterocycles. The first-order valence-electron chi connectivity index (χ1n) is 4.55. The van der Waals surface area contributed by atoms with Crippen LogP contribution in [0.3, 0.4) is 0 Å². The minimum atomic E-state index is -0.0434. The second-order valence-electron chi connectivity index (χ2n) is 3.62. The van der Waals surface area contributed by atoms with Gasteiger partial charge >= 0.3 is 0 Å². The number of carbonyl (C=O) groups excluding carboxylic acids is 1. The van der Waals surface area contributed by atoms with E-state index in [0.717, 1.165) is 6.42 Å². The lowest BCUT2D eigenvalue weighted by Crippen LogP contribution is -2.51. The maximum absolute atomic E-state index is 11.2. The van der Waals surface area contributed by atoms with Crippen LogP contribution in [0, 0.1) is 5.92 Å². The fourth-order valence-corrected chi connectivity index (χ4v) is 2.17. The smallest absolute Gasteiger partial charge is 0.260 e. The maximum Gasteiger partial charge on any atom is 0.260 e. The summed E-state index contributed by atoms with van der Waals surface area (Å²) in [5.74, 6) is 6.14. The minimum absolute atomic E-state index is 0.0434. The van der Waals surface area contributed by atoms with Crippen LogP contribution < -0.4 is 5.84 Å². The predicted molar refractivity (Wildman–Crippen MR) is 45.9 cm³/mol. The zero-order valence-corrected chi connectivity index (χ0v) is 7.07. The molecule has 1 heterocycles. The van der Waals surface area contributed by atoms with Gasteiger partial charge in [-0.15, -0.1) is 0 Å². The lowest BCUT2D eigenvalue weighted by molar-refractivity contribution is -0.131. The van der Waals surface area contributed by atoms with E-state index in [1.807, 2.05) is 6.08 Å². The normalized spacial score (nSPS) is 35.1. The Morgan fingerprint density at radius 3 is 3.00 bits per heavy atom. The number of hydrogen-bond acceptors (Lipinski definition) is 2. The first kappa shape index (κ1) is 7.80. The summed E-state index contributed by atoms with van der Waals surface area (Å²) in [6.45, 7) is 0. The molecule has 0 saturated heterocycles. The second-order valence-corrected chi connectivity index (χ2v) is 3.62. The van der Waals surface area contributed by atoms with E-state index in [2.05, 4.69) is 0 Å². The zero-order valence-electron chi connectivity index (χ0n) is 7.07. The van der Waals surface area contributed by atoms with Crippen LogP contribution in [0.25, 0.3) is 0 Å². The average Bonchev–Trinajstić information content (AvgIpc) is 2.12. The van der Waals surface area contributed by atoms with Crippen molar-refractivity contribution in [3.8, 4) is 0 Å². The summed E-state index contributed by atoms with van der Waals surface area (Å²) in [5.41, 5.74) is 0. The van der Waals surface area contributed by atoms with Gasteiger partial charge in [-0.2, -0.15) is 0 Å². The van der Waals surface area contributed by atoms with Crippen molar-refractivity contribution in [3.63, 3.8) is 0 Å². The Balaban J connectivity index is 2.18. The van der Waals surface area contributed by atoms with Crippen molar-refractivity contribution in [3.05, 3.63) is 12.2 Å². The first-order chi connectivity index (χ1) is 5.79. The van der Waals surface area contributed by atoms with Crippen molar-refractivity contribution in [2.45, 2.75) is 31.7 Å². The highest BCUT2D eigenvalue weighted by Gasteiger charge is 2.32. The van der Waals surface area contributed by atoms with Gasteiger partial charge < -0.3 is 0 Å². The van der Waals surface area contributed by atoms with Crippen molar-refractivity contribution >= 4 is 5.91 Å². The van der Waals surface area contributed by atoms with E-state index in [1.54, 1.807) is 6.08 Å². The summed E-state index contributed by atoms with van der Waals surface area (Å²) in [6, 6.07) is 0.274. The molecule has 1 aliphatic carbocycles. The van der Waals surface area contributed by atoms with Crippen LogP contribution in [0.4, 0.5) is 0 Å². The van der Waals surface area contributed by atoms with Gasteiger partial charge in [0, 0.05) is 6.08 Å². The third kappa shape index (κ3) is 1.14. The van der Waals surface area contributed by atoms with Crippen molar-refractivity contribution in [2.24, 2.45) is 11.8 Å². The van der Waals surface area contributed by atoms with Gasteiger partial charge in [-0.05, 0) is 18.8 Å². The molecule has 1 amide bonds. The Morgan fingerprint density at radius 2 is 2.17 bits per heavy atom. The van der Waals surface area contributed by atoms with Crippen molar-refractivity contribution in [1.29, 1.82) is 0 Å². The molecule has 2 rings (SSSR count). The summed E-state index contributed by atoms with van der Waals surface area (Å²) < 4.78 is 0. The molecule has 0 aromatic rings. The van der Waals surface area contributed by atoms with Crippen LogP contribution >= 0.6 is 0 Å². The van der Waals surface area contributed by atoms with Gasteiger partial charge in [-0.25, -0.2) is 5.84 Å².